The zero-order chi connectivity index (χ0) is 12.5. The molecule has 0 amide bonds. The highest BCUT2D eigenvalue weighted by Crippen LogP contribution is 2.25. The lowest BCUT2D eigenvalue weighted by Gasteiger charge is -2.41. The maximum atomic E-state index is 10.4. The molecule has 1 saturated heterocycles. The quantitative estimate of drug-likeness (QED) is 0.244. The van der Waals surface area contributed by atoms with Crippen molar-refractivity contribution in [1.29, 1.82) is 0 Å². The third kappa shape index (κ3) is 2.79. The molecule has 1 fully saturated rings. The molecule has 0 saturated carbocycles. The molecule has 0 aromatic carbocycles. The van der Waals surface area contributed by atoms with Crippen LogP contribution in [0.5, 0.6) is 0 Å². The largest absolute Gasteiger partial charge is 0.513 e. The van der Waals surface area contributed by atoms with E-state index in [1.54, 1.807) is 0 Å². The molecule has 1 aliphatic rings. The van der Waals surface area contributed by atoms with E-state index in [-0.39, 0.29) is 0 Å². The summed E-state index contributed by atoms with van der Waals surface area (Å²) in [5.74, 6) is -2.76. The fourth-order valence-electron chi connectivity index (χ4n) is 1.32. The predicted octanol–water partition coefficient (Wildman–Crippen LogP) is -8.82. The molecule has 0 radical (unpaired) electrons. The summed E-state index contributed by atoms with van der Waals surface area (Å²) in [6.07, 6.45) is -4.63. The van der Waals surface area contributed by atoms with Crippen molar-refractivity contribution in [2.45, 2.75) is 30.3 Å². The lowest BCUT2D eigenvalue weighted by atomic mass is 9.96. The minimum atomic E-state index is -4.33. The number of rotatable bonds is 3. The maximum Gasteiger partial charge on any atom is 0.513 e. The Balaban J connectivity index is 2.85. The van der Waals surface area contributed by atoms with Gasteiger partial charge in [-0.15, -0.1) is 0 Å². The molecule has 5 atom stereocenters. The van der Waals surface area contributed by atoms with Crippen LogP contribution in [-0.2, 0) is 7.80 Å². The Labute approximate surface area is 99.1 Å². The van der Waals surface area contributed by atoms with Crippen molar-refractivity contribution >= 4 is 0 Å². The van der Waals surface area contributed by atoms with Gasteiger partial charge >= 0.3 is 27.0 Å². The molecule has 0 spiro atoms. The topological polar surface area (TPSA) is 172 Å². The van der Waals surface area contributed by atoms with E-state index in [4.69, 9.17) is 10.8 Å². The highest BCUT2D eigenvalue weighted by molar-refractivity contribution is 4.94. The molecule has 0 aromatic heterocycles. The number of hydrogen-bond acceptors (Lipinski definition) is 9. The van der Waals surface area contributed by atoms with Crippen molar-refractivity contribution in [3.63, 3.8) is 0 Å². The van der Waals surface area contributed by atoms with Crippen molar-refractivity contribution in [2.24, 2.45) is 5.73 Å². The Hall–Kier alpha value is 0.370. The smallest absolute Gasteiger partial charge is 0.396 e. The first-order chi connectivity index (χ1) is 7.31. The van der Waals surface area contributed by atoms with Crippen LogP contribution < -0.4 is 33.7 Å². The van der Waals surface area contributed by atoms with E-state index in [0.717, 1.165) is 0 Å². The van der Waals surface area contributed by atoms with Gasteiger partial charge in [0.1, 0.15) is 24.4 Å². The van der Waals surface area contributed by atoms with E-state index in [2.05, 4.69) is 7.80 Å². The van der Waals surface area contributed by atoms with E-state index in [9.17, 15) is 22.2 Å². The summed E-state index contributed by atoms with van der Waals surface area (Å²) in [6, 6.07) is -1.67. The fraction of sp³-hybridized carbons (Fsp3) is 1.00. The zero-order valence-corrected chi connectivity index (χ0v) is 10.1. The van der Waals surface area contributed by atoms with Crippen LogP contribution in [0.15, 0.2) is 0 Å². The summed E-state index contributed by atoms with van der Waals surface area (Å²) >= 11 is -4.33. The summed E-state index contributed by atoms with van der Waals surface area (Å²) in [7, 11) is 0. The standard InChI is InChI=1S/C6H12INO8/c8-5-4(11)3(10)2(1-9)15-6(5,12)16-7(13)14/h2-5,9-12H,1,8H2/t2-,3-,4+,5-,6-/m1/s1. The van der Waals surface area contributed by atoms with Gasteiger partial charge in [-0.1, -0.05) is 0 Å². The molecule has 9 nitrogen and oxygen atoms in total. The van der Waals surface area contributed by atoms with E-state index in [1.807, 2.05) is 0 Å². The molecule has 10 heteroatoms. The van der Waals surface area contributed by atoms with Crippen LogP contribution in [0.3, 0.4) is 0 Å². The number of ether oxygens (including phenoxy) is 1. The Bertz CT molecular complexity index is 241. The molecule has 0 bridgehead atoms. The SMILES string of the molecule is N[C@@H]1[C@@H](O)[C@H](O)[C@@H](CO)O[C@@]1(O)O[I+2]([O-])[O-]. The lowest BCUT2D eigenvalue weighted by Crippen LogP contribution is -3.99. The first kappa shape index (κ1) is 14.4. The van der Waals surface area contributed by atoms with Gasteiger partial charge in [-0.25, -0.2) is 0 Å². The lowest BCUT2D eigenvalue weighted by molar-refractivity contribution is -1.64. The molecule has 0 aliphatic carbocycles. The van der Waals surface area contributed by atoms with E-state index in [1.165, 1.54) is 0 Å². The summed E-state index contributed by atoms with van der Waals surface area (Å²) in [4.78, 5) is 0. The van der Waals surface area contributed by atoms with Gasteiger partial charge < -0.3 is 37.8 Å². The molecule has 16 heavy (non-hydrogen) atoms. The minimum Gasteiger partial charge on any atom is -0.396 e. The molecule has 1 aliphatic heterocycles. The van der Waals surface area contributed by atoms with Gasteiger partial charge in [-0.05, 0) is 0 Å². The molecule has 1 heterocycles. The fourth-order valence-corrected chi connectivity index (χ4v) is 2.23. The van der Waals surface area contributed by atoms with E-state index in [0.29, 0.717) is 0 Å². The van der Waals surface area contributed by atoms with Crippen molar-refractivity contribution in [2.75, 3.05) is 6.61 Å². The Kier molecular flexibility index (Phi) is 4.82. The second-order valence-corrected chi connectivity index (χ2v) is 4.76. The molecule has 1 rings (SSSR count). The Morgan fingerprint density at radius 1 is 1.38 bits per heavy atom. The van der Waals surface area contributed by atoms with Gasteiger partial charge in [-0.2, -0.15) is 0 Å². The van der Waals surface area contributed by atoms with Crippen molar-refractivity contribution in [1.82, 2.24) is 0 Å². The zero-order valence-electron chi connectivity index (χ0n) is 7.89. The molecule has 96 valence electrons. The first-order valence-electron chi connectivity index (χ1n) is 4.19. The molecule has 6 N–H and O–H groups in total. The number of halogens is 1. The van der Waals surface area contributed by atoms with Crippen molar-refractivity contribution in [3.8, 4) is 0 Å². The monoisotopic (exact) mass is 353 g/mol. The average Bonchev–Trinajstić information content (AvgIpc) is 2.20. The third-order valence-corrected chi connectivity index (χ3v) is 3.18. The van der Waals surface area contributed by atoms with E-state index < -0.39 is 58.0 Å². The number of nitrogens with two attached hydrogens (primary N) is 1. The highest BCUT2D eigenvalue weighted by Gasteiger charge is 2.58. The highest BCUT2D eigenvalue weighted by atomic mass is 127. The predicted molar refractivity (Wildman–Crippen MR) is 38.0 cm³/mol. The van der Waals surface area contributed by atoms with Crippen LogP contribution >= 0.6 is 0 Å². The number of aliphatic hydroxyl groups excluding tert-OH is 3. The number of aliphatic hydroxyl groups is 4. The first-order valence-corrected chi connectivity index (χ1v) is 6.84. The van der Waals surface area contributed by atoms with Gasteiger partial charge in [0.05, 0.1) is 6.61 Å². The Morgan fingerprint density at radius 2 is 1.94 bits per heavy atom. The van der Waals surface area contributed by atoms with Crippen molar-refractivity contribution in [3.05, 3.63) is 0 Å². The van der Waals surface area contributed by atoms with Crippen LogP contribution in [0, 0.1) is 0 Å². The van der Waals surface area contributed by atoms with Crippen LogP contribution in [0.4, 0.5) is 0 Å². The summed E-state index contributed by atoms with van der Waals surface area (Å²) in [5.41, 5.74) is 5.27. The number of hydrogen-bond donors (Lipinski definition) is 5. The molecule has 0 unspecified atom stereocenters. The van der Waals surface area contributed by atoms with Crippen LogP contribution in [-0.4, -0.2) is 57.4 Å². The van der Waals surface area contributed by atoms with Gasteiger partial charge in [0.2, 0.25) is 0 Å². The third-order valence-electron chi connectivity index (χ3n) is 2.19. The second kappa shape index (κ2) is 5.34. The molecule has 0 aromatic rings. The van der Waals surface area contributed by atoms with Crippen LogP contribution in [0.2, 0.25) is 0 Å². The Morgan fingerprint density at radius 3 is 2.38 bits per heavy atom. The van der Waals surface area contributed by atoms with Gasteiger partial charge in [0.25, 0.3) is 0 Å². The van der Waals surface area contributed by atoms with Crippen LogP contribution in [0.1, 0.15) is 0 Å². The summed E-state index contributed by atoms with van der Waals surface area (Å²) < 4.78 is 29.5. The van der Waals surface area contributed by atoms with Gasteiger partial charge in [0, 0.05) is 3.07 Å². The normalized spacial score (nSPS) is 45.0. The van der Waals surface area contributed by atoms with E-state index >= 15 is 0 Å². The van der Waals surface area contributed by atoms with Gasteiger partial charge in [0.15, 0.2) is 0 Å². The van der Waals surface area contributed by atoms with Crippen molar-refractivity contribution < 1.29 is 56.2 Å². The second-order valence-electron chi connectivity index (χ2n) is 3.24. The molecular formula is C6H12INO8. The minimum absolute atomic E-state index is 0.747. The average molecular weight is 353 g/mol. The summed E-state index contributed by atoms with van der Waals surface area (Å²) in [5, 5.41) is 37.1. The summed E-state index contributed by atoms with van der Waals surface area (Å²) in [6.45, 7) is -0.747. The maximum absolute atomic E-state index is 10.4. The van der Waals surface area contributed by atoms with Gasteiger partial charge in [-0.3, -0.25) is 0 Å². The van der Waals surface area contributed by atoms with Crippen LogP contribution in [0.25, 0.3) is 0 Å². The molecular weight excluding hydrogens is 341 g/mol.